The minimum atomic E-state index is 0.175. The molecule has 0 N–H and O–H groups in total. The molecule has 102 valence electrons. The lowest BCUT2D eigenvalue weighted by atomic mass is 10.0. The molecule has 2 nitrogen and oxygen atoms in total. The van der Waals surface area contributed by atoms with E-state index >= 15 is 0 Å². The van der Waals surface area contributed by atoms with E-state index in [0.717, 1.165) is 29.4 Å². The Balaban J connectivity index is 1.79. The third-order valence-electron chi connectivity index (χ3n) is 3.71. The molecule has 0 unspecified atom stereocenters. The van der Waals surface area contributed by atoms with Gasteiger partial charge in [-0.25, -0.2) is 0 Å². The Labute approximate surface area is 127 Å². The van der Waals surface area contributed by atoms with E-state index in [-0.39, 0.29) is 5.78 Å². The Hall–Kier alpha value is -1.61. The number of hydrogen-bond donors (Lipinski definition) is 0. The first-order valence-electron chi connectivity index (χ1n) is 6.85. The van der Waals surface area contributed by atoms with Crippen molar-refractivity contribution in [3.05, 3.63) is 64.1 Å². The fourth-order valence-corrected chi connectivity index (χ4v) is 2.94. The smallest absolute Gasteiger partial charge is 0.182 e. The molecule has 2 aromatic carbocycles. The van der Waals surface area contributed by atoms with Crippen LogP contribution in [-0.2, 0) is 6.42 Å². The SMILES string of the molecule is O=C(CN1CCCc2ccccc21)c1ccc(Br)cc1. The van der Waals surface area contributed by atoms with Crippen LogP contribution in [0.25, 0.3) is 0 Å². The van der Waals surface area contributed by atoms with Crippen molar-refractivity contribution in [2.75, 3.05) is 18.0 Å². The van der Waals surface area contributed by atoms with Crippen LogP contribution in [0.3, 0.4) is 0 Å². The predicted octanol–water partition coefficient (Wildman–Crippen LogP) is 4.08. The Bertz CT molecular complexity index is 621. The van der Waals surface area contributed by atoms with Gasteiger partial charge in [-0.3, -0.25) is 4.79 Å². The second kappa shape index (κ2) is 5.80. The summed E-state index contributed by atoms with van der Waals surface area (Å²) in [6.45, 7) is 1.41. The molecule has 3 rings (SSSR count). The molecule has 2 aromatic rings. The highest BCUT2D eigenvalue weighted by Crippen LogP contribution is 2.26. The quantitative estimate of drug-likeness (QED) is 0.790. The third kappa shape index (κ3) is 2.78. The van der Waals surface area contributed by atoms with Crippen molar-refractivity contribution < 1.29 is 4.79 Å². The van der Waals surface area contributed by atoms with Gasteiger partial charge < -0.3 is 4.90 Å². The summed E-state index contributed by atoms with van der Waals surface area (Å²) in [7, 11) is 0. The second-order valence-corrected chi connectivity index (χ2v) is 6.00. The van der Waals surface area contributed by atoms with Crippen LogP contribution in [0.1, 0.15) is 22.3 Å². The van der Waals surface area contributed by atoms with Gasteiger partial charge in [0.05, 0.1) is 6.54 Å². The molecule has 0 fully saturated rings. The lowest BCUT2D eigenvalue weighted by Gasteiger charge is -2.30. The largest absolute Gasteiger partial charge is 0.364 e. The van der Waals surface area contributed by atoms with Crippen molar-refractivity contribution in [1.29, 1.82) is 0 Å². The first kappa shape index (κ1) is 13.4. The number of rotatable bonds is 3. The second-order valence-electron chi connectivity index (χ2n) is 5.08. The van der Waals surface area contributed by atoms with E-state index in [1.807, 2.05) is 30.3 Å². The highest BCUT2D eigenvalue weighted by atomic mass is 79.9. The van der Waals surface area contributed by atoms with Gasteiger partial charge in [-0.1, -0.05) is 46.3 Å². The number of anilines is 1. The molecule has 0 aliphatic carbocycles. The normalized spacial score (nSPS) is 13.9. The fraction of sp³-hybridized carbons (Fsp3) is 0.235. The number of carbonyl (C=O) groups is 1. The van der Waals surface area contributed by atoms with Crippen LogP contribution in [-0.4, -0.2) is 18.9 Å². The number of fused-ring (bicyclic) bond motifs is 1. The van der Waals surface area contributed by atoms with Crippen molar-refractivity contribution in [2.45, 2.75) is 12.8 Å². The topological polar surface area (TPSA) is 20.3 Å². The van der Waals surface area contributed by atoms with Gasteiger partial charge in [0.1, 0.15) is 0 Å². The van der Waals surface area contributed by atoms with E-state index in [1.54, 1.807) is 0 Å². The third-order valence-corrected chi connectivity index (χ3v) is 4.24. The van der Waals surface area contributed by atoms with Crippen molar-refractivity contribution >= 4 is 27.4 Å². The number of halogens is 1. The number of carbonyl (C=O) groups excluding carboxylic acids is 1. The van der Waals surface area contributed by atoms with Crippen LogP contribution < -0.4 is 4.90 Å². The van der Waals surface area contributed by atoms with Crippen molar-refractivity contribution in [3.8, 4) is 0 Å². The molecule has 0 saturated carbocycles. The maximum absolute atomic E-state index is 12.4. The average Bonchev–Trinajstić information content (AvgIpc) is 2.48. The van der Waals surface area contributed by atoms with Gasteiger partial charge in [-0.15, -0.1) is 0 Å². The highest BCUT2D eigenvalue weighted by Gasteiger charge is 2.19. The summed E-state index contributed by atoms with van der Waals surface area (Å²) in [4.78, 5) is 14.6. The van der Waals surface area contributed by atoms with Gasteiger partial charge in [0.15, 0.2) is 5.78 Å². The number of para-hydroxylation sites is 1. The summed E-state index contributed by atoms with van der Waals surface area (Å²) in [5.74, 6) is 0.175. The van der Waals surface area contributed by atoms with Gasteiger partial charge in [-0.2, -0.15) is 0 Å². The summed E-state index contributed by atoms with van der Waals surface area (Å²) >= 11 is 3.39. The van der Waals surface area contributed by atoms with Crippen LogP contribution in [0.15, 0.2) is 53.0 Å². The van der Waals surface area contributed by atoms with E-state index < -0.39 is 0 Å². The zero-order valence-electron chi connectivity index (χ0n) is 11.2. The summed E-state index contributed by atoms with van der Waals surface area (Å²) in [6, 6.07) is 16.0. The number of ketones is 1. The number of nitrogens with zero attached hydrogens (tertiary/aromatic N) is 1. The van der Waals surface area contributed by atoms with E-state index in [0.29, 0.717) is 6.54 Å². The molecular weight excluding hydrogens is 314 g/mol. The first-order valence-corrected chi connectivity index (χ1v) is 7.65. The zero-order chi connectivity index (χ0) is 13.9. The summed E-state index contributed by atoms with van der Waals surface area (Å²) < 4.78 is 0.998. The summed E-state index contributed by atoms with van der Waals surface area (Å²) in [5.41, 5.74) is 3.34. The predicted molar refractivity (Wildman–Crippen MR) is 85.4 cm³/mol. The van der Waals surface area contributed by atoms with E-state index in [2.05, 4.69) is 39.0 Å². The molecular formula is C17H16BrNO. The summed E-state index contributed by atoms with van der Waals surface area (Å²) in [6.07, 6.45) is 2.23. The average molecular weight is 330 g/mol. The lowest BCUT2D eigenvalue weighted by Crippen LogP contribution is -2.34. The number of Topliss-reactive ketones (excluding diaryl/α,β-unsaturated/α-hetero) is 1. The molecule has 0 spiro atoms. The van der Waals surface area contributed by atoms with Crippen molar-refractivity contribution in [2.24, 2.45) is 0 Å². The molecule has 1 aliphatic rings. The van der Waals surface area contributed by atoms with Gasteiger partial charge in [0.25, 0.3) is 0 Å². The van der Waals surface area contributed by atoms with E-state index in [1.165, 1.54) is 11.3 Å². The van der Waals surface area contributed by atoms with Crippen LogP contribution in [0.2, 0.25) is 0 Å². The van der Waals surface area contributed by atoms with Crippen LogP contribution in [0.5, 0.6) is 0 Å². The van der Waals surface area contributed by atoms with Gasteiger partial charge in [0, 0.05) is 22.3 Å². The van der Waals surface area contributed by atoms with Crippen LogP contribution in [0.4, 0.5) is 5.69 Å². The fourth-order valence-electron chi connectivity index (χ4n) is 2.68. The van der Waals surface area contributed by atoms with Crippen molar-refractivity contribution in [1.82, 2.24) is 0 Å². The first-order chi connectivity index (χ1) is 9.74. The molecule has 0 bridgehead atoms. The van der Waals surface area contributed by atoms with Crippen LogP contribution in [0, 0.1) is 0 Å². The Morgan fingerprint density at radius 3 is 2.65 bits per heavy atom. The molecule has 1 aliphatic heterocycles. The molecule has 20 heavy (non-hydrogen) atoms. The molecule has 3 heteroatoms. The molecule has 1 heterocycles. The molecule has 0 amide bonds. The Morgan fingerprint density at radius 2 is 1.85 bits per heavy atom. The van der Waals surface area contributed by atoms with E-state index in [9.17, 15) is 4.79 Å². The number of hydrogen-bond acceptors (Lipinski definition) is 2. The summed E-state index contributed by atoms with van der Waals surface area (Å²) in [5, 5.41) is 0. The van der Waals surface area contributed by atoms with Gasteiger partial charge in [-0.05, 0) is 36.6 Å². The minimum Gasteiger partial charge on any atom is -0.364 e. The monoisotopic (exact) mass is 329 g/mol. The van der Waals surface area contributed by atoms with Gasteiger partial charge in [0.2, 0.25) is 0 Å². The standard InChI is InChI=1S/C17H16BrNO/c18-15-9-7-14(8-10-15)17(20)12-19-11-3-5-13-4-1-2-6-16(13)19/h1-2,4,6-10H,3,5,11-12H2. The van der Waals surface area contributed by atoms with E-state index in [4.69, 9.17) is 0 Å². The zero-order valence-corrected chi connectivity index (χ0v) is 12.8. The molecule has 0 radical (unpaired) electrons. The molecule has 0 aromatic heterocycles. The lowest BCUT2D eigenvalue weighted by molar-refractivity contribution is 0.0998. The Kier molecular flexibility index (Phi) is 3.88. The van der Waals surface area contributed by atoms with Crippen molar-refractivity contribution in [3.63, 3.8) is 0 Å². The molecule has 0 atom stereocenters. The van der Waals surface area contributed by atoms with Crippen LogP contribution >= 0.6 is 15.9 Å². The highest BCUT2D eigenvalue weighted by molar-refractivity contribution is 9.10. The van der Waals surface area contributed by atoms with Gasteiger partial charge >= 0.3 is 0 Å². The maximum atomic E-state index is 12.4. The number of benzene rings is 2. The minimum absolute atomic E-state index is 0.175. The number of aryl methyl sites for hydroxylation is 1. The molecule has 0 saturated heterocycles. The Morgan fingerprint density at radius 1 is 1.10 bits per heavy atom. The maximum Gasteiger partial charge on any atom is 0.182 e.